The second-order valence-corrected chi connectivity index (χ2v) is 7.89. The normalized spacial score (nSPS) is 18.5. The van der Waals surface area contributed by atoms with Crippen molar-refractivity contribution in [2.24, 2.45) is 0 Å². The lowest BCUT2D eigenvalue weighted by molar-refractivity contribution is 0.167. The lowest BCUT2D eigenvalue weighted by atomic mass is 9.97. The average molecular weight is 346 g/mol. The number of ether oxygens (including phenoxy) is 1. The Morgan fingerprint density at radius 2 is 2.25 bits per heavy atom. The Bertz CT molecular complexity index is 684. The number of aryl methyl sites for hydroxylation is 2. The van der Waals surface area contributed by atoms with E-state index in [9.17, 15) is 5.11 Å². The van der Waals surface area contributed by atoms with Crippen LogP contribution in [0.1, 0.15) is 60.0 Å². The van der Waals surface area contributed by atoms with Gasteiger partial charge in [-0.25, -0.2) is 4.98 Å². The molecule has 1 aliphatic carbocycles. The van der Waals surface area contributed by atoms with Gasteiger partial charge in [0.15, 0.2) is 0 Å². The number of nitrogens with one attached hydrogen (secondary N) is 1. The summed E-state index contributed by atoms with van der Waals surface area (Å²) in [6.45, 7) is 6.60. The first kappa shape index (κ1) is 17.4. The van der Waals surface area contributed by atoms with Gasteiger partial charge in [-0.05, 0) is 57.7 Å². The Kier molecular flexibility index (Phi) is 5.54. The molecular weight excluding hydrogens is 320 g/mol. The number of fused-ring (bicyclic) bond motifs is 1. The van der Waals surface area contributed by atoms with Crippen LogP contribution >= 0.6 is 11.3 Å². The van der Waals surface area contributed by atoms with Crippen molar-refractivity contribution in [3.8, 4) is 5.75 Å². The monoisotopic (exact) mass is 346 g/mol. The zero-order chi connectivity index (χ0) is 17.1. The van der Waals surface area contributed by atoms with Crippen molar-refractivity contribution >= 4 is 11.3 Å². The first-order valence-electron chi connectivity index (χ1n) is 8.67. The van der Waals surface area contributed by atoms with Crippen molar-refractivity contribution in [2.45, 2.75) is 58.3 Å². The minimum atomic E-state index is -0.542. The van der Waals surface area contributed by atoms with Crippen LogP contribution in [0.15, 0.2) is 24.3 Å². The standard InChI is InChI=1S/C19H26N2O2S/c1-12(2)23-15-7-4-6-14(10-15)18(22)11-20-16-8-5-9-17-19(16)24-13(3)21-17/h4,6-7,10,12,16,18,20,22H,5,8-9,11H2,1-3H3. The minimum Gasteiger partial charge on any atom is -0.491 e. The highest BCUT2D eigenvalue weighted by Gasteiger charge is 2.24. The summed E-state index contributed by atoms with van der Waals surface area (Å²) < 4.78 is 5.71. The van der Waals surface area contributed by atoms with E-state index < -0.39 is 6.10 Å². The molecule has 24 heavy (non-hydrogen) atoms. The van der Waals surface area contributed by atoms with Gasteiger partial charge in [0.1, 0.15) is 5.75 Å². The van der Waals surface area contributed by atoms with Crippen LogP contribution in [0.25, 0.3) is 0 Å². The van der Waals surface area contributed by atoms with Gasteiger partial charge < -0.3 is 15.2 Å². The van der Waals surface area contributed by atoms with Gasteiger partial charge in [-0.3, -0.25) is 0 Å². The molecule has 0 bridgehead atoms. The SMILES string of the molecule is Cc1nc2c(s1)C(NCC(O)c1cccc(OC(C)C)c1)CCC2. The highest BCUT2D eigenvalue weighted by Crippen LogP contribution is 2.34. The number of hydrogen-bond donors (Lipinski definition) is 2. The highest BCUT2D eigenvalue weighted by molar-refractivity contribution is 7.11. The molecule has 0 aliphatic heterocycles. The Morgan fingerprint density at radius 1 is 1.42 bits per heavy atom. The van der Waals surface area contributed by atoms with Gasteiger partial charge in [0, 0.05) is 17.5 Å². The van der Waals surface area contributed by atoms with E-state index in [1.807, 2.05) is 38.1 Å². The molecule has 0 fully saturated rings. The Morgan fingerprint density at radius 3 is 3.04 bits per heavy atom. The number of nitrogens with zero attached hydrogens (tertiary/aromatic N) is 1. The molecule has 1 aromatic carbocycles. The molecule has 0 radical (unpaired) electrons. The van der Waals surface area contributed by atoms with Crippen molar-refractivity contribution in [2.75, 3.05) is 6.54 Å². The summed E-state index contributed by atoms with van der Waals surface area (Å²) >= 11 is 1.78. The number of aliphatic hydroxyl groups excluding tert-OH is 1. The summed E-state index contributed by atoms with van der Waals surface area (Å²) in [6, 6.07) is 8.04. The van der Waals surface area contributed by atoms with Crippen molar-refractivity contribution in [1.82, 2.24) is 10.3 Å². The Labute approximate surface area is 147 Å². The molecule has 5 heteroatoms. The molecule has 0 spiro atoms. The number of thiazole rings is 1. The van der Waals surface area contributed by atoms with Gasteiger partial charge in [0.25, 0.3) is 0 Å². The van der Waals surface area contributed by atoms with Gasteiger partial charge in [0.05, 0.1) is 22.9 Å². The summed E-state index contributed by atoms with van der Waals surface area (Å²) in [7, 11) is 0. The summed E-state index contributed by atoms with van der Waals surface area (Å²) in [5, 5.41) is 15.2. The van der Waals surface area contributed by atoms with Crippen LogP contribution < -0.4 is 10.1 Å². The third-order valence-electron chi connectivity index (χ3n) is 4.23. The molecule has 4 nitrogen and oxygen atoms in total. The molecule has 2 N–H and O–H groups in total. The van der Waals surface area contributed by atoms with Crippen molar-refractivity contribution in [1.29, 1.82) is 0 Å². The maximum atomic E-state index is 10.5. The molecule has 2 atom stereocenters. The summed E-state index contributed by atoms with van der Waals surface area (Å²) in [5.41, 5.74) is 2.13. The summed E-state index contributed by atoms with van der Waals surface area (Å²) in [5.74, 6) is 0.805. The smallest absolute Gasteiger partial charge is 0.120 e. The Balaban J connectivity index is 1.63. The van der Waals surface area contributed by atoms with E-state index in [1.165, 1.54) is 10.6 Å². The fraction of sp³-hybridized carbons (Fsp3) is 0.526. The topological polar surface area (TPSA) is 54.4 Å². The van der Waals surface area contributed by atoms with Gasteiger partial charge in [-0.1, -0.05) is 12.1 Å². The number of hydrogen-bond acceptors (Lipinski definition) is 5. The van der Waals surface area contributed by atoms with E-state index in [0.717, 1.165) is 35.6 Å². The lowest BCUT2D eigenvalue weighted by Crippen LogP contribution is -2.28. The van der Waals surface area contributed by atoms with Crippen LogP contribution in [0, 0.1) is 6.92 Å². The number of aromatic nitrogens is 1. The van der Waals surface area contributed by atoms with Crippen molar-refractivity contribution in [3.05, 3.63) is 45.4 Å². The van der Waals surface area contributed by atoms with E-state index in [-0.39, 0.29) is 6.10 Å². The van der Waals surface area contributed by atoms with Crippen LogP contribution in [0.5, 0.6) is 5.75 Å². The van der Waals surface area contributed by atoms with E-state index in [4.69, 9.17) is 4.74 Å². The predicted molar refractivity (Wildman–Crippen MR) is 97.7 cm³/mol. The molecule has 0 amide bonds. The fourth-order valence-corrected chi connectivity index (χ4v) is 4.26. The summed E-state index contributed by atoms with van der Waals surface area (Å²) in [6.07, 6.45) is 2.93. The average Bonchev–Trinajstić information content (AvgIpc) is 2.93. The minimum absolute atomic E-state index is 0.130. The van der Waals surface area contributed by atoms with E-state index in [2.05, 4.69) is 17.2 Å². The number of rotatable bonds is 6. The Hall–Kier alpha value is -1.43. The van der Waals surface area contributed by atoms with Crippen LogP contribution in [-0.2, 0) is 6.42 Å². The van der Waals surface area contributed by atoms with Gasteiger partial charge in [-0.2, -0.15) is 0 Å². The zero-order valence-corrected chi connectivity index (χ0v) is 15.4. The predicted octanol–water partition coefficient (Wildman–Crippen LogP) is 3.94. The maximum Gasteiger partial charge on any atom is 0.120 e. The van der Waals surface area contributed by atoms with Crippen LogP contribution in [0.3, 0.4) is 0 Å². The molecule has 2 unspecified atom stereocenters. The van der Waals surface area contributed by atoms with Crippen LogP contribution in [-0.4, -0.2) is 22.7 Å². The molecule has 0 saturated heterocycles. The second kappa shape index (κ2) is 7.64. The van der Waals surface area contributed by atoms with Crippen LogP contribution in [0.2, 0.25) is 0 Å². The first-order valence-corrected chi connectivity index (χ1v) is 9.49. The number of aliphatic hydroxyl groups is 1. The lowest BCUT2D eigenvalue weighted by Gasteiger charge is -2.24. The maximum absolute atomic E-state index is 10.5. The summed E-state index contributed by atoms with van der Waals surface area (Å²) in [4.78, 5) is 5.98. The van der Waals surface area contributed by atoms with Crippen molar-refractivity contribution < 1.29 is 9.84 Å². The molecule has 1 heterocycles. The van der Waals surface area contributed by atoms with Gasteiger partial charge in [-0.15, -0.1) is 11.3 Å². The first-order chi connectivity index (χ1) is 11.5. The van der Waals surface area contributed by atoms with E-state index in [1.54, 1.807) is 11.3 Å². The van der Waals surface area contributed by atoms with Crippen molar-refractivity contribution in [3.63, 3.8) is 0 Å². The quantitative estimate of drug-likeness (QED) is 0.832. The fourth-order valence-electron chi connectivity index (χ4n) is 3.18. The molecule has 1 aliphatic rings. The number of benzene rings is 1. The third-order valence-corrected chi connectivity index (χ3v) is 5.36. The van der Waals surface area contributed by atoms with E-state index >= 15 is 0 Å². The molecule has 130 valence electrons. The van der Waals surface area contributed by atoms with Crippen LogP contribution in [0.4, 0.5) is 0 Å². The van der Waals surface area contributed by atoms with E-state index in [0.29, 0.717) is 12.6 Å². The largest absolute Gasteiger partial charge is 0.491 e. The third kappa shape index (κ3) is 4.15. The molecule has 3 rings (SSSR count). The van der Waals surface area contributed by atoms with Gasteiger partial charge >= 0.3 is 0 Å². The second-order valence-electron chi connectivity index (χ2n) is 6.65. The molecule has 0 saturated carbocycles. The molecule has 2 aromatic rings. The van der Waals surface area contributed by atoms with Gasteiger partial charge in [0.2, 0.25) is 0 Å². The molecule has 1 aromatic heterocycles. The highest BCUT2D eigenvalue weighted by atomic mass is 32.1. The zero-order valence-electron chi connectivity index (χ0n) is 14.6. The molecular formula is C19H26N2O2S.